The number of allylic oxidation sites excluding steroid dienone is 3. The van der Waals surface area contributed by atoms with Crippen LogP contribution in [-0.2, 0) is 11.8 Å². The van der Waals surface area contributed by atoms with E-state index in [1.54, 1.807) is 0 Å². The summed E-state index contributed by atoms with van der Waals surface area (Å²) in [5.74, 6) is 0. The van der Waals surface area contributed by atoms with Gasteiger partial charge in [-0.2, -0.15) is 0 Å². The summed E-state index contributed by atoms with van der Waals surface area (Å²) in [6, 6.07) is 93.9. The molecule has 0 aromatic heterocycles. The molecule has 0 heterocycles. The van der Waals surface area contributed by atoms with E-state index in [1.807, 2.05) is 0 Å². The summed E-state index contributed by atoms with van der Waals surface area (Å²) in [6.45, 7) is 4.79. The van der Waals surface area contributed by atoms with Gasteiger partial charge in [-0.1, -0.05) is 269 Å². The summed E-state index contributed by atoms with van der Waals surface area (Å²) >= 11 is 0. The lowest BCUT2D eigenvalue weighted by molar-refractivity contribution is 0.661. The Hall–Kier alpha value is -9.88. The molecule has 4 aliphatic carbocycles. The van der Waals surface area contributed by atoms with Crippen molar-refractivity contribution in [2.75, 3.05) is 0 Å². The molecule has 0 radical (unpaired) electrons. The molecule has 81 heavy (non-hydrogen) atoms. The van der Waals surface area contributed by atoms with Crippen LogP contribution < -0.4 is 0 Å². The van der Waals surface area contributed by atoms with Gasteiger partial charge in [0.05, 0.1) is 0 Å². The van der Waals surface area contributed by atoms with Crippen LogP contribution >= 0.6 is 0 Å². The Kier molecular flexibility index (Phi) is 9.99. The summed E-state index contributed by atoms with van der Waals surface area (Å²) in [4.78, 5) is 0. The molecule has 0 heteroatoms. The number of hydrogen-bond donors (Lipinski definition) is 0. The van der Waals surface area contributed by atoms with Crippen molar-refractivity contribution in [3.63, 3.8) is 0 Å². The van der Waals surface area contributed by atoms with Gasteiger partial charge in [0.1, 0.15) is 0 Å². The summed E-state index contributed by atoms with van der Waals surface area (Å²) in [6.07, 6.45) is 9.08. The van der Waals surface area contributed by atoms with Gasteiger partial charge in [-0.05, 0) is 202 Å². The van der Waals surface area contributed by atoms with E-state index in [0.29, 0.717) is 0 Å². The zero-order valence-electron chi connectivity index (χ0n) is 45.3. The number of benzene rings is 13. The fourth-order valence-corrected chi connectivity index (χ4v) is 14.7. The summed E-state index contributed by atoms with van der Waals surface area (Å²) in [5.41, 5.74) is 33.8. The Labute approximate surface area is 473 Å². The van der Waals surface area contributed by atoms with Crippen molar-refractivity contribution in [3.8, 4) is 111 Å². The lowest BCUT2D eigenvalue weighted by Gasteiger charge is -2.24. The Morgan fingerprint density at radius 2 is 0.765 bits per heavy atom. The predicted octanol–water partition coefficient (Wildman–Crippen LogP) is 22.1. The fourth-order valence-electron chi connectivity index (χ4n) is 14.7. The Bertz CT molecular complexity index is 4860. The van der Waals surface area contributed by atoms with Crippen LogP contribution in [0.2, 0.25) is 0 Å². The van der Waals surface area contributed by atoms with Crippen LogP contribution in [0.25, 0.3) is 155 Å². The molecule has 0 nitrogen and oxygen atoms in total. The summed E-state index contributed by atoms with van der Waals surface area (Å²) in [7, 11) is 0. The van der Waals surface area contributed by atoms with Crippen LogP contribution in [0.15, 0.2) is 261 Å². The SMILES string of the molecule is CC1(C)c2cc(-c3ccc(-c4ccc(-c5ccc(-c6c7c(c(-c8ccccc8)c8ccccc68)-c6cccc8cccc-7c68)cc5)cc4)cc3)ccc2-c2ccc(-c3ccc(-c4ccc5c6c7c(ccc46)C=CCC7=CC5)cc3)cc21. The average molecular weight is 1030 g/mol. The van der Waals surface area contributed by atoms with Gasteiger partial charge in [0.2, 0.25) is 0 Å². The van der Waals surface area contributed by atoms with E-state index in [-0.39, 0.29) is 5.41 Å². The van der Waals surface area contributed by atoms with E-state index >= 15 is 0 Å². The number of rotatable bonds is 7. The predicted molar refractivity (Wildman–Crippen MR) is 344 cm³/mol. The highest BCUT2D eigenvalue weighted by atomic mass is 14.4. The van der Waals surface area contributed by atoms with Crippen molar-refractivity contribution in [2.24, 2.45) is 0 Å². The molecule has 0 atom stereocenters. The largest absolute Gasteiger partial charge is 0.0795 e. The molecule has 0 amide bonds. The van der Waals surface area contributed by atoms with Crippen molar-refractivity contribution >= 4 is 44.0 Å². The molecular formula is C81H54. The van der Waals surface area contributed by atoms with Crippen molar-refractivity contribution in [3.05, 3.63) is 289 Å². The van der Waals surface area contributed by atoms with E-state index in [2.05, 4.69) is 281 Å². The van der Waals surface area contributed by atoms with E-state index in [4.69, 9.17) is 0 Å². The second kappa shape index (κ2) is 17.6. The van der Waals surface area contributed by atoms with Gasteiger partial charge >= 0.3 is 0 Å². The van der Waals surface area contributed by atoms with Crippen molar-refractivity contribution in [2.45, 2.75) is 32.1 Å². The highest BCUT2D eigenvalue weighted by molar-refractivity contribution is 6.27. The first-order chi connectivity index (χ1) is 39.9. The van der Waals surface area contributed by atoms with Gasteiger partial charge in [-0.25, -0.2) is 0 Å². The van der Waals surface area contributed by atoms with Crippen molar-refractivity contribution in [1.82, 2.24) is 0 Å². The van der Waals surface area contributed by atoms with E-state index in [1.165, 1.54) is 177 Å². The monoisotopic (exact) mass is 1030 g/mol. The standard InChI is InChI=1S/C81H54/c1-81(2)72-47-62(41-44-65(72)66-45-42-63(48-73(66)81)54-29-33-55(34-30-54)64-43-39-61-38-37-58-13-8-14-59-40-46-69(64)76(61)74(58)59)53-27-25-51(26-28-53)49-21-23-50(24-22-49)52-31-35-60(36-32-52)78-68-18-7-6-17-67(68)77(57-11-4-3-5-12-57)79-70-19-9-15-56-16-10-20-71(75(56)70)80(78)79/h3-12,14-37,39-48H,13,38H2,1-2H3. The third kappa shape index (κ3) is 6.97. The fraction of sp³-hybridized carbons (Fsp3) is 0.0617. The second-order valence-corrected chi connectivity index (χ2v) is 23.3. The maximum absolute atomic E-state index is 2.45. The van der Waals surface area contributed by atoms with Gasteiger partial charge in [-0.3, -0.25) is 0 Å². The van der Waals surface area contributed by atoms with Crippen LogP contribution in [0.5, 0.6) is 0 Å². The third-order valence-electron chi connectivity index (χ3n) is 18.7. The number of hydrogen-bond acceptors (Lipinski definition) is 0. The first-order valence-corrected chi connectivity index (χ1v) is 28.7. The van der Waals surface area contributed by atoms with E-state index < -0.39 is 0 Å². The molecule has 17 rings (SSSR count). The van der Waals surface area contributed by atoms with E-state index in [0.717, 1.165) is 12.8 Å². The van der Waals surface area contributed by atoms with Crippen LogP contribution in [0, 0.1) is 0 Å². The quantitative estimate of drug-likeness (QED) is 0.149. The third-order valence-corrected chi connectivity index (χ3v) is 18.7. The Balaban J connectivity index is 0.628. The zero-order valence-corrected chi connectivity index (χ0v) is 45.3. The lowest BCUT2D eigenvalue weighted by atomic mass is 9.80. The minimum absolute atomic E-state index is 0.143. The maximum atomic E-state index is 2.45. The van der Waals surface area contributed by atoms with Gasteiger partial charge < -0.3 is 0 Å². The lowest BCUT2D eigenvalue weighted by Crippen LogP contribution is -2.15. The molecule has 4 aliphatic rings. The van der Waals surface area contributed by atoms with E-state index in [9.17, 15) is 0 Å². The average Bonchev–Trinajstić information content (AvgIpc) is 4.23. The Morgan fingerprint density at radius 1 is 0.296 bits per heavy atom. The van der Waals surface area contributed by atoms with Crippen LogP contribution in [0.4, 0.5) is 0 Å². The molecule has 13 aromatic carbocycles. The van der Waals surface area contributed by atoms with Gasteiger partial charge in [0.15, 0.2) is 0 Å². The molecule has 0 saturated heterocycles. The topological polar surface area (TPSA) is 0 Å². The molecule has 13 aromatic rings. The first kappa shape index (κ1) is 46.1. The van der Waals surface area contributed by atoms with Crippen LogP contribution in [0.1, 0.15) is 48.1 Å². The molecule has 0 unspecified atom stereocenters. The summed E-state index contributed by atoms with van der Waals surface area (Å²) < 4.78 is 0. The molecule has 0 saturated carbocycles. The van der Waals surface area contributed by atoms with Crippen LogP contribution in [0.3, 0.4) is 0 Å². The summed E-state index contributed by atoms with van der Waals surface area (Å²) in [5, 5.41) is 8.00. The normalized spacial score (nSPS) is 13.8. The molecule has 0 aliphatic heterocycles. The minimum atomic E-state index is -0.143. The van der Waals surface area contributed by atoms with Crippen molar-refractivity contribution < 1.29 is 0 Å². The van der Waals surface area contributed by atoms with Crippen LogP contribution in [-0.4, -0.2) is 0 Å². The molecule has 0 fully saturated rings. The molecule has 0 bridgehead atoms. The smallest absolute Gasteiger partial charge is 0.0159 e. The molecule has 0 N–H and O–H groups in total. The van der Waals surface area contributed by atoms with Gasteiger partial charge in [-0.15, -0.1) is 0 Å². The first-order valence-electron chi connectivity index (χ1n) is 28.7. The zero-order chi connectivity index (χ0) is 53.5. The maximum Gasteiger partial charge on any atom is 0.0159 e. The highest BCUT2D eigenvalue weighted by Gasteiger charge is 2.36. The minimum Gasteiger partial charge on any atom is -0.0795 e. The second-order valence-electron chi connectivity index (χ2n) is 23.3. The highest BCUT2D eigenvalue weighted by Crippen LogP contribution is 2.58. The van der Waals surface area contributed by atoms with Gasteiger partial charge in [0, 0.05) is 5.41 Å². The molecule has 0 spiro atoms. The molecule has 378 valence electrons. The Morgan fingerprint density at radius 3 is 1.32 bits per heavy atom. The van der Waals surface area contributed by atoms with Gasteiger partial charge in [0.25, 0.3) is 0 Å². The molecular weight excluding hydrogens is 973 g/mol. The number of fused-ring (bicyclic) bond motifs is 7. The van der Waals surface area contributed by atoms with Crippen molar-refractivity contribution in [1.29, 1.82) is 0 Å².